The van der Waals surface area contributed by atoms with Crippen LogP contribution in [0.2, 0.25) is 0 Å². The van der Waals surface area contributed by atoms with Crippen LogP contribution in [0.15, 0.2) is 0 Å². The van der Waals surface area contributed by atoms with Gasteiger partial charge in [-0.25, -0.2) is 0 Å². The van der Waals surface area contributed by atoms with Crippen molar-refractivity contribution < 1.29 is 9.59 Å². The predicted molar refractivity (Wildman–Crippen MR) is 64.4 cm³/mol. The second-order valence-electron chi connectivity index (χ2n) is 5.29. The van der Waals surface area contributed by atoms with Crippen LogP contribution in [0.1, 0.15) is 32.6 Å². The number of rotatable bonds is 2. The molecule has 5 heteroatoms. The first kappa shape index (κ1) is 12.4. The van der Waals surface area contributed by atoms with E-state index in [9.17, 15) is 9.59 Å². The standard InChI is InChI=1S/C12H21N3O2/c1-12(13-2)5-7-15(8-6-12)11(17)9-3-4-10(16)14-9/h9,13H,3-8H2,1-2H3,(H,14,16)/t9-/m0/s1. The molecule has 0 aromatic carbocycles. The van der Waals surface area contributed by atoms with Crippen LogP contribution in [-0.2, 0) is 9.59 Å². The number of carbonyl (C=O) groups is 2. The van der Waals surface area contributed by atoms with Crippen molar-refractivity contribution in [1.82, 2.24) is 15.5 Å². The summed E-state index contributed by atoms with van der Waals surface area (Å²) in [5, 5.41) is 6.05. The molecule has 0 spiro atoms. The Morgan fingerprint density at radius 3 is 2.59 bits per heavy atom. The molecule has 2 aliphatic heterocycles. The molecular weight excluding hydrogens is 218 g/mol. The number of likely N-dealkylation sites (tertiary alicyclic amines) is 1. The Labute approximate surface area is 102 Å². The predicted octanol–water partition coefficient (Wildman–Crippen LogP) is -0.134. The van der Waals surface area contributed by atoms with E-state index in [2.05, 4.69) is 17.6 Å². The first-order chi connectivity index (χ1) is 8.04. The molecule has 0 radical (unpaired) electrons. The normalized spacial score (nSPS) is 28.0. The molecule has 2 amide bonds. The van der Waals surface area contributed by atoms with E-state index in [1.54, 1.807) is 0 Å². The number of amides is 2. The lowest BCUT2D eigenvalue weighted by Crippen LogP contribution is -2.54. The van der Waals surface area contributed by atoms with Gasteiger partial charge >= 0.3 is 0 Å². The summed E-state index contributed by atoms with van der Waals surface area (Å²) in [4.78, 5) is 25.1. The van der Waals surface area contributed by atoms with Crippen molar-refractivity contribution in [2.45, 2.75) is 44.2 Å². The highest BCUT2D eigenvalue weighted by molar-refractivity contribution is 5.90. The molecule has 2 rings (SSSR count). The molecule has 0 unspecified atom stereocenters. The summed E-state index contributed by atoms with van der Waals surface area (Å²) in [5.41, 5.74) is 0.149. The third kappa shape index (κ3) is 2.60. The molecular formula is C12H21N3O2. The fraction of sp³-hybridized carbons (Fsp3) is 0.833. The number of nitrogens with zero attached hydrogens (tertiary/aromatic N) is 1. The van der Waals surface area contributed by atoms with Gasteiger partial charge in [0.1, 0.15) is 6.04 Å². The van der Waals surface area contributed by atoms with Gasteiger partial charge < -0.3 is 15.5 Å². The second-order valence-corrected chi connectivity index (χ2v) is 5.29. The largest absolute Gasteiger partial charge is 0.344 e. The molecule has 5 nitrogen and oxygen atoms in total. The van der Waals surface area contributed by atoms with Crippen LogP contribution >= 0.6 is 0 Å². The zero-order chi connectivity index (χ0) is 12.5. The SMILES string of the molecule is CNC1(C)CCN(C(=O)[C@@H]2CCC(=O)N2)CC1. The number of carbonyl (C=O) groups excluding carboxylic acids is 2. The van der Waals surface area contributed by atoms with E-state index in [1.165, 1.54) is 0 Å². The molecule has 2 N–H and O–H groups in total. The fourth-order valence-electron chi connectivity index (χ4n) is 2.49. The Morgan fingerprint density at radius 2 is 2.12 bits per heavy atom. The second kappa shape index (κ2) is 4.64. The first-order valence-corrected chi connectivity index (χ1v) is 6.31. The van der Waals surface area contributed by atoms with Gasteiger partial charge in [-0.15, -0.1) is 0 Å². The lowest BCUT2D eigenvalue weighted by Gasteiger charge is -2.40. The van der Waals surface area contributed by atoms with Crippen molar-refractivity contribution in [2.24, 2.45) is 0 Å². The number of hydrogen-bond acceptors (Lipinski definition) is 3. The van der Waals surface area contributed by atoms with Crippen molar-refractivity contribution >= 4 is 11.8 Å². The van der Waals surface area contributed by atoms with Crippen LogP contribution < -0.4 is 10.6 Å². The Hall–Kier alpha value is -1.10. The van der Waals surface area contributed by atoms with E-state index in [4.69, 9.17) is 0 Å². The lowest BCUT2D eigenvalue weighted by atomic mass is 9.89. The van der Waals surface area contributed by atoms with E-state index in [-0.39, 0.29) is 23.4 Å². The number of nitrogens with one attached hydrogen (secondary N) is 2. The fourth-order valence-corrected chi connectivity index (χ4v) is 2.49. The summed E-state index contributed by atoms with van der Waals surface area (Å²) in [7, 11) is 1.97. The van der Waals surface area contributed by atoms with Crippen LogP contribution in [0, 0.1) is 0 Å². The topological polar surface area (TPSA) is 61.4 Å². The quantitative estimate of drug-likeness (QED) is 0.705. The molecule has 96 valence electrons. The zero-order valence-electron chi connectivity index (χ0n) is 10.6. The average molecular weight is 239 g/mol. The Kier molecular flexibility index (Phi) is 3.38. The van der Waals surface area contributed by atoms with Crippen LogP contribution in [0.5, 0.6) is 0 Å². The van der Waals surface area contributed by atoms with E-state index in [0.29, 0.717) is 12.8 Å². The summed E-state index contributed by atoms with van der Waals surface area (Å²) in [6.07, 6.45) is 3.07. The molecule has 1 atom stereocenters. The summed E-state index contributed by atoms with van der Waals surface area (Å²) in [6, 6.07) is -0.276. The smallest absolute Gasteiger partial charge is 0.245 e. The van der Waals surface area contributed by atoms with Gasteiger partial charge in [0, 0.05) is 25.0 Å². The van der Waals surface area contributed by atoms with E-state index in [1.807, 2.05) is 11.9 Å². The van der Waals surface area contributed by atoms with Crippen molar-refractivity contribution in [2.75, 3.05) is 20.1 Å². The number of hydrogen-bond donors (Lipinski definition) is 2. The van der Waals surface area contributed by atoms with Crippen LogP contribution in [-0.4, -0.2) is 48.4 Å². The zero-order valence-corrected chi connectivity index (χ0v) is 10.6. The summed E-state index contributed by atoms with van der Waals surface area (Å²) >= 11 is 0. The first-order valence-electron chi connectivity index (χ1n) is 6.31. The lowest BCUT2D eigenvalue weighted by molar-refractivity contribution is -0.135. The molecule has 0 aliphatic carbocycles. The molecule has 2 fully saturated rings. The van der Waals surface area contributed by atoms with Crippen molar-refractivity contribution in [3.05, 3.63) is 0 Å². The summed E-state index contributed by atoms with van der Waals surface area (Å²) < 4.78 is 0. The van der Waals surface area contributed by atoms with Gasteiger partial charge in [-0.2, -0.15) is 0 Å². The minimum atomic E-state index is -0.276. The molecule has 2 heterocycles. The maximum absolute atomic E-state index is 12.1. The molecule has 0 aromatic rings. The van der Waals surface area contributed by atoms with Gasteiger partial charge in [0.25, 0.3) is 0 Å². The van der Waals surface area contributed by atoms with Gasteiger partial charge in [0.15, 0.2) is 0 Å². The Bertz CT molecular complexity index is 322. The molecule has 0 bridgehead atoms. The van der Waals surface area contributed by atoms with Crippen LogP contribution in [0.3, 0.4) is 0 Å². The summed E-state index contributed by atoms with van der Waals surface area (Å²) in [6.45, 7) is 3.75. The highest BCUT2D eigenvalue weighted by Crippen LogP contribution is 2.22. The van der Waals surface area contributed by atoms with E-state index >= 15 is 0 Å². The Balaban J connectivity index is 1.88. The van der Waals surface area contributed by atoms with E-state index in [0.717, 1.165) is 25.9 Å². The molecule has 0 saturated carbocycles. The highest BCUT2D eigenvalue weighted by atomic mass is 16.2. The van der Waals surface area contributed by atoms with Gasteiger partial charge in [0.05, 0.1) is 0 Å². The maximum atomic E-state index is 12.1. The molecule has 0 aromatic heterocycles. The highest BCUT2D eigenvalue weighted by Gasteiger charge is 2.35. The molecule has 2 aliphatic rings. The van der Waals surface area contributed by atoms with Gasteiger partial charge in [-0.05, 0) is 33.2 Å². The van der Waals surface area contributed by atoms with Crippen molar-refractivity contribution in [3.63, 3.8) is 0 Å². The molecule has 2 saturated heterocycles. The van der Waals surface area contributed by atoms with Gasteiger partial charge in [0.2, 0.25) is 11.8 Å². The van der Waals surface area contributed by atoms with Gasteiger partial charge in [-0.3, -0.25) is 9.59 Å². The van der Waals surface area contributed by atoms with Gasteiger partial charge in [-0.1, -0.05) is 0 Å². The third-order valence-electron chi connectivity index (χ3n) is 4.08. The Morgan fingerprint density at radius 1 is 1.47 bits per heavy atom. The molecule has 17 heavy (non-hydrogen) atoms. The van der Waals surface area contributed by atoms with E-state index < -0.39 is 0 Å². The number of piperidine rings is 1. The summed E-state index contributed by atoms with van der Waals surface area (Å²) in [5.74, 6) is 0.0921. The van der Waals surface area contributed by atoms with Crippen molar-refractivity contribution in [3.8, 4) is 0 Å². The third-order valence-corrected chi connectivity index (χ3v) is 4.08. The average Bonchev–Trinajstić information content (AvgIpc) is 2.76. The van der Waals surface area contributed by atoms with Crippen molar-refractivity contribution in [1.29, 1.82) is 0 Å². The minimum absolute atomic E-state index is 0.000391. The maximum Gasteiger partial charge on any atom is 0.245 e. The van der Waals surface area contributed by atoms with Crippen LogP contribution in [0.4, 0.5) is 0 Å². The minimum Gasteiger partial charge on any atom is -0.344 e. The monoisotopic (exact) mass is 239 g/mol. The van der Waals surface area contributed by atoms with Crippen LogP contribution in [0.25, 0.3) is 0 Å².